The van der Waals surface area contributed by atoms with Crippen molar-refractivity contribution in [3.63, 3.8) is 0 Å². The Morgan fingerprint density at radius 2 is 0.755 bits per heavy atom. The number of halogens is 2. The fourth-order valence-corrected chi connectivity index (χ4v) is 13.8. The Bertz CT molecular complexity index is 6300. The van der Waals surface area contributed by atoms with Gasteiger partial charge >= 0.3 is 29.6 Å². The van der Waals surface area contributed by atoms with Crippen molar-refractivity contribution < 1.29 is 45.6 Å². The topological polar surface area (TPSA) is 108 Å². The van der Waals surface area contributed by atoms with Crippen LogP contribution < -0.4 is 29.6 Å². The molecule has 0 saturated heterocycles. The van der Waals surface area contributed by atoms with Crippen LogP contribution in [0.25, 0.3) is 171 Å². The van der Waals surface area contributed by atoms with Crippen molar-refractivity contribution in [2.45, 2.75) is 0 Å². The minimum Gasteiger partial charge on any atom is -1.00 e. The molecule has 0 aliphatic heterocycles. The van der Waals surface area contributed by atoms with Gasteiger partial charge in [-0.3, -0.25) is 8.96 Å². The smallest absolute Gasteiger partial charge is 1.00 e. The molecule has 0 amide bonds. The van der Waals surface area contributed by atoms with E-state index in [1.54, 1.807) is 6.33 Å². The van der Waals surface area contributed by atoms with Gasteiger partial charge in [-0.05, 0) is 131 Å². The van der Waals surface area contributed by atoms with Gasteiger partial charge < -0.3 is 24.4 Å². The van der Waals surface area contributed by atoms with Gasteiger partial charge in [0.1, 0.15) is 34.9 Å². The molecular weight excluding hydrogens is 1190 g/mol. The average molecular weight is 1250 g/mol. The van der Waals surface area contributed by atoms with E-state index in [1.807, 2.05) is 48.5 Å². The summed E-state index contributed by atoms with van der Waals surface area (Å²) in [6.07, 6.45) is 3.08. The zero-order valence-corrected chi connectivity index (χ0v) is 53.4. The zero-order valence-electron chi connectivity index (χ0n) is 52.6. The van der Waals surface area contributed by atoms with Crippen LogP contribution in [0.2, 0.25) is 5.15 Å². The SMILES string of the molecule is Clc1ncnc2c1oc1ccccc12.[2H]CF.[H-].[Na+].c1ccc(-n2c3ccccc3c3cc(-c4ccc5c(c4)[nH]c4ccccc45)ccc32)cc1.c1ccc(-n2c3ccccc3c3cc(-c4ccc5c6ccccc6n(-c6ncnc7c6oc6ccccc67)c5c4)ccc32)cc1. The molecule has 0 aliphatic rings. The normalized spacial score (nSPS) is 11.6. The van der Waals surface area contributed by atoms with Gasteiger partial charge in [0.15, 0.2) is 22.1 Å². The minimum absolute atomic E-state index is 0. The Morgan fingerprint density at radius 1 is 0.362 bits per heavy atom. The number of rotatable bonds is 5. The molecule has 0 spiro atoms. The van der Waals surface area contributed by atoms with Crippen LogP contribution in [0.15, 0.2) is 301 Å². The molecule has 10 nitrogen and oxygen atoms in total. The molecule has 8 heterocycles. The Morgan fingerprint density at radius 3 is 1.34 bits per heavy atom. The number of aromatic amines is 1. The average Bonchev–Trinajstić information content (AvgIpc) is 1.58. The van der Waals surface area contributed by atoms with Crippen LogP contribution in [0.1, 0.15) is 2.80 Å². The number of H-pyrrole nitrogens is 1. The fourth-order valence-electron chi connectivity index (χ4n) is 13.6. The second-order valence-corrected chi connectivity index (χ2v) is 23.1. The number of para-hydroxylation sites is 8. The zero-order chi connectivity index (χ0) is 62.8. The second-order valence-electron chi connectivity index (χ2n) is 22.8. The van der Waals surface area contributed by atoms with Gasteiger partial charge in [0.25, 0.3) is 0 Å². The van der Waals surface area contributed by atoms with Crippen LogP contribution in [0.4, 0.5) is 4.39 Å². The molecule has 8 aromatic heterocycles. The van der Waals surface area contributed by atoms with Gasteiger partial charge in [-0.15, -0.1) is 0 Å². The van der Waals surface area contributed by atoms with Crippen molar-refractivity contribution in [2.75, 3.05) is 7.15 Å². The summed E-state index contributed by atoms with van der Waals surface area (Å²) in [6.45, 7) is 0. The van der Waals surface area contributed by atoms with E-state index in [4.69, 9.17) is 26.8 Å². The molecule has 444 valence electrons. The number of fused-ring (bicyclic) bond motifs is 18. The summed E-state index contributed by atoms with van der Waals surface area (Å²) >= 11 is 5.88. The Hall–Kier alpha value is -11.2. The molecule has 0 bridgehead atoms. The maximum Gasteiger partial charge on any atom is 1.00 e. The summed E-state index contributed by atoms with van der Waals surface area (Å²) in [5.74, 6) is 0.737. The third kappa shape index (κ3) is 9.66. The van der Waals surface area contributed by atoms with E-state index in [1.165, 1.54) is 99.3 Å². The van der Waals surface area contributed by atoms with Crippen LogP contribution in [-0.4, -0.2) is 45.8 Å². The van der Waals surface area contributed by atoms with Crippen molar-refractivity contribution in [3.8, 4) is 39.4 Å². The number of alkyl halides is 1. The number of nitrogens with zero attached hydrogens (tertiary/aromatic N) is 7. The Kier molecular flexibility index (Phi) is 14.6. The monoisotopic (exact) mass is 1250 g/mol. The van der Waals surface area contributed by atoms with Crippen molar-refractivity contribution >= 4 is 143 Å². The molecule has 13 heteroatoms. The summed E-state index contributed by atoms with van der Waals surface area (Å²) in [6, 6.07) is 98.3. The van der Waals surface area contributed by atoms with E-state index < -0.39 is 7.15 Å². The molecule has 0 saturated carbocycles. The van der Waals surface area contributed by atoms with Crippen LogP contribution in [0.5, 0.6) is 0 Å². The molecule has 0 radical (unpaired) electrons. The standard InChI is InChI=1S/C40H24N4O.C30H20N2.C10H5ClN2O.CH3F.Na.H/c1-2-10-27(11-3-1)43-33-15-7-5-13-29(33)32-22-25(19-21-35(32)43)26-18-20-30-28-12-4-8-16-34(28)44(36(30)23-26)40-39-38(41-24-42-40)31-14-6-9-17-37(31)45-39;1-2-8-22(9-3-1)32-29-13-7-5-11-25(29)26-18-20(15-17-30(26)32)21-14-16-24-23-10-4-6-12-27(23)31-28(24)19-21;11-10-9-8(12-5-13-10)6-3-1-2-4-7(6)14-9;1-2;;/h1-24H;1-19,31H;1-5H;1H3;;/q;;;;+1;-1/i;;;1D;;. The molecule has 94 heavy (non-hydrogen) atoms. The Labute approximate surface area is 566 Å². The maximum absolute atomic E-state index is 9.96. The van der Waals surface area contributed by atoms with Crippen molar-refractivity contribution in [3.05, 3.63) is 297 Å². The molecule has 0 aliphatic carbocycles. The molecule has 0 atom stereocenters. The van der Waals surface area contributed by atoms with E-state index in [9.17, 15) is 4.39 Å². The van der Waals surface area contributed by atoms with Gasteiger partial charge in [0.05, 0.1) is 41.6 Å². The van der Waals surface area contributed by atoms with Crippen molar-refractivity contribution in [2.24, 2.45) is 0 Å². The fraction of sp³-hybridized carbons (Fsp3) is 0.0123. The molecule has 0 fully saturated rings. The second kappa shape index (κ2) is 24.1. The number of hydrogen-bond acceptors (Lipinski definition) is 6. The first-order chi connectivity index (χ1) is 46.5. The van der Waals surface area contributed by atoms with E-state index in [-0.39, 0.29) is 31.0 Å². The summed E-state index contributed by atoms with van der Waals surface area (Å²) < 4.78 is 34.4. The van der Waals surface area contributed by atoms with Gasteiger partial charge in [-0.2, -0.15) is 0 Å². The molecule has 12 aromatic carbocycles. The first-order valence-corrected chi connectivity index (χ1v) is 30.8. The molecule has 20 aromatic rings. The van der Waals surface area contributed by atoms with Gasteiger partial charge in [-0.1, -0.05) is 181 Å². The molecule has 20 rings (SSSR count). The van der Waals surface area contributed by atoms with Gasteiger partial charge in [0.2, 0.25) is 0 Å². The third-order valence-corrected chi connectivity index (χ3v) is 18.0. The minimum atomic E-state index is -1.00. The molecular formula is C81H53ClFN8NaO2. The summed E-state index contributed by atoms with van der Waals surface area (Å²) in [4.78, 5) is 21.0. The van der Waals surface area contributed by atoms with Crippen molar-refractivity contribution in [1.82, 2.24) is 38.6 Å². The third-order valence-electron chi connectivity index (χ3n) is 17.7. The maximum atomic E-state index is 9.96. The number of benzene rings is 12. The van der Waals surface area contributed by atoms with Crippen LogP contribution >= 0.6 is 11.6 Å². The van der Waals surface area contributed by atoms with Crippen LogP contribution in [0.3, 0.4) is 0 Å². The van der Waals surface area contributed by atoms with E-state index in [0.29, 0.717) is 16.3 Å². The largest absolute Gasteiger partial charge is 1.00 e. The van der Waals surface area contributed by atoms with E-state index >= 15 is 0 Å². The predicted molar refractivity (Wildman–Crippen MR) is 381 cm³/mol. The quantitative estimate of drug-likeness (QED) is 0.136. The summed E-state index contributed by atoms with van der Waals surface area (Å²) in [7, 11) is -1.00. The first-order valence-electron chi connectivity index (χ1n) is 31.2. The summed E-state index contributed by atoms with van der Waals surface area (Å²) in [5.41, 5.74) is 20.9. The number of furan rings is 2. The van der Waals surface area contributed by atoms with E-state index in [0.717, 1.165) is 66.6 Å². The van der Waals surface area contributed by atoms with Gasteiger partial charge in [0, 0.05) is 76.3 Å². The number of nitrogens with one attached hydrogen (secondary N) is 1. The van der Waals surface area contributed by atoms with Gasteiger partial charge in [-0.25, -0.2) is 19.9 Å². The van der Waals surface area contributed by atoms with Crippen molar-refractivity contribution in [1.29, 1.82) is 0 Å². The Balaban J connectivity index is 0.000000129. The predicted octanol–water partition coefficient (Wildman–Crippen LogP) is 19.1. The number of aromatic nitrogens is 8. The number of hydrogen-bond donors (Lipinski definition) is 1. The molecule has 0 unspecified atom stereocenters. The van der Waals surface area contributed by atoms with Crippen LogP contribution in [-0.2, 0) is 0 Å². The van der Waals surface area contributed by atoms with E-state index in [2.05, 4.69) is 264 Å². The van der Waals surface area contributed by atoms with Crippen LogP contribution in [0, 0.1) is 0 Å². The molecule has 1 N–H and O–H groups in total. The summed E-state index contributed by atoms with van der Waals surface area (Å²) in [5, 5.41) is 12.2. The first kappa shape index (κ1) is 56.8.